The summed E-state index contributed by atoms with van der Waals surface area (Å²) in [5.41, 5.74) is 7.77. The first-order chi connectivity index (χ1) is 19.0. The smallest absolute Gasteiger partial charge is 0.416 e. The molecule has 40 heavy (non-hydrogen) atoms. The molecule has 0 bridgehead atoms. The molecule has 3 aromatic rings. The largest absolute Gasteiger partial charge is 0.484 e. The maximum atomic E-state index is 13.9. The second-order valence-electron chi connectivity index (χ2n) is 9.72. The molecule has 2 aromatic carbocycles. The van der Waals surface area contributed by atoms with Crippen molar-refractivity contribution in [2.75, 3.05) is 50.4 Å². The molecule has 0 radical (unpaired) electrons. The van der Waals surface area contributed by atoms with E-state index in [-0.39, 0.29) is 30.2 Å². The van der Waals surface area contributed by atoms with Crippen molar-refractivity contribution in [2.24, 2.45) is 0 Å². The molecule has 0 atom stereocenters. The van der Waals surface area contributed by atoms with E-state index in [0.29, 0.717) is 30.1 Å². The van der Waals surface area contributed by atoms with Gasteiger partial charge in [0, 0.05) is 61.4 Å². The predicted octanol–water partition coefficient (Wildman–Crippen LogP) is 4.89. The molecule has 1 aliphatic heterocycles. The fourth-order valence-electron chi connectivity index (χ4n) is 4.58. The Morgan fingerprint density at radius 2 is 1.73 bits per heavy atom. The third-order valence-electron chi connectivity index (χ3n) is 6.89. The van der Waals surface area contributed by atoms with Gasteiger partial charge in [0.05, 0.1) is 5.56 Å². The van der Waals surface area contributed by atoms with Crippen LogP contribution in [0.1, 0.15) is 30.5 Å². The summed E-state index contributed by atoms with van der Waals surface area (Å²) in [6.07, 6.45) is -2.93. The van der Waals surface area contributed by atoms with Gasteiger partial charge in [0.2, 0.25) is 0 Å². The summed E-state index contributed by atoms with van der Waals surface area (Å²) < 4.78 is 47.1. The topological polar surface area (TPSA) is 108 Å². The molecule has 11 heteroatoms. The van der Waals surface area contributed by atoms with Gasteiger partial charge in [0.15, 0.2) is 6.61 Å². The van der Waals surface area contributed by atoms with Crippen molar-refractivity contribution in [3.05, 3.63) is 71.4 Å². The van der Waals surface area contributed by atoms with Crippen LogP contribution in [-0.4, -0.2) is 65.7 Å². The van der Waals surface area contributed by atoms with E-state index in [1.165, 1.54) is 12.1 Å². The van der Waals surface area contributed by atoms with Gasteiger partial charge in [-0.25, -0.2) is 4.98 Å². The van der Waals surface area contributed by atoms with Crippen LogP contribution in [-0.2, 0) is 17.5 Å². The maximum Gasteiger partial charge on any atom is 0.416 e. The van der Waals surface area contributed by atoms with Crippen molar-refractivity contribution in [3.63, 3.8) is 0 Å². The Bertz CT molecular complexity index is 1350. The molecule has 8 nitrogen and oxygen atoms in total. The van der Waals surface area contributed by atoms with Gasteiger partial charge in [-0.2, -0.15) is 13.2 Å². The number of nitrogens with one attached hydrogen (secondary N) is 2. The summed E-state index contributed by atoms with van der Waals surface area (Å²) in [6.45, 7) is 7.55. The highest BCUT2D eigenvalue weighted by Crippen LogP contribution is 2.34. The minimum absolute atomic E-state index is 0.0592. The minimum Gasteiger partial charge on any atom is -0.484 e. The van der Waals surface area contributed by atoms with Crippen LogP contribution in [0.15, 0.2) is 54.7 Å². The standard InChI is InChI=1S/C29H33F3N6O2/c1-3-37-10-12-38(13-11-37)17-21-4-7-23(15-26(21)29(30,31)32)36-27(39)18-40-24-8-5-20(6-9-24)22-14-25(19(2)33)28(34)35-16-22/h4-9,14-16,33H,3,10-13,17-18H2,1-2H3,(H2,34,35)(H,36,39). The third-order valence-corrected chi connectivity index (χ3v) is 6.89. The second kappa shape index (κ2) is 12.5. The van der Waals surface area contributed by atoms with Crippen LogP contribution < -0.4 is 15.8 Å². The first kappa shape index (κ1) is 29.0. The highest BCUT2D eigenvalue weighted by atomic mass is 19.4. The monoisotopic (exact) mass is 554 g/mol. The van der Waals surface area contributed by atoms with Crippen molar-refractivity contribution in [3.8, 4) is 16.9 Å². The van der Waals surface area contributed by atoms with Crippen LogP contribution in [0.25, 0.3) is 11.1 Å². The van der Waals surface area contributed by atoms with Gasteiger partial charge in [-0.1, -0.05) is 25.1 Å². The lowest BCUT2D eigenvalue weighted by Crippen LogP contribution is -2.45. The van der Waals surface area contributed by atoms with E-state index in [4.69, 9.17) is 15.9 Å². The SMILES string of the molecule is CCN1CCN(Cc2ccc(NC(=O)COc3ccc(-c4cnc(N)c(C(C)=N)c4)cc3)cc2C(F)(F)F)CC1. The van der Waals surface area contributed by atoms with Gasteiger partial charge in [0.1, 0.15) is 11.6 Å². The zero-order valence-corrected chi connectivity index (χ0v) is 22.5. The highest BCUT2D eigenvalue weighted by Gasteiger charge is 2.34. The van der Waals surface area contributed by atoms with Gasteiger partial charge in [-0.3, -0.25) is 9.69 Å². The Kier molecular flexibility index (Phi) is 9.06. The fourth-order valence-corrected chi connectivity index (χ4v) is 4.58. The van der Waals surface area contributed by atoms with Crippen LogP contribution in [0.2, 0.25) is 0 Å². The minimum atomic E-state index is -4.54. The molecule has 1 amide bonds. The number of rotatable bonds is 9. The summed E-state index contributed by atoms with van der Waals surface area (Å²) in [5, 5.41) is 10.3. The highest BCUT2D eigenvalue weighted by molar-refractivity contribution is 6.01. The molecule has 4 rings (SSSR count). The first-order valence-electron chi connectivity index (χ1n) is 13.0. The molecule has 212 valence electrons. The number of likely N-dealkylation sites (N-methyl/N-ethyl adjacent to an activating group) is 1. The Morgan fingerprint density at radius 3 is 2.35 bits per heavy atom. The van der Waals surface area contributed by atoms with Crippen molar-refractivity contribution in [2.45, 2.75) is 26.6 Å². The maximum absolute atomic E-state index is 13.9. The molecule has 0 saturated carbocycles. The Hall–Kier alpha value is -3.96. The number of ether oxygens (including phenoxy) is 1. The van der Waals surface area contributed by atoms with Gasteiger partial charge in [-0.05, 0) is 54.9 Å². The Labute approximate surface area is 231 Å². The average molecular weight is 555 g/mol. The number of alkyl halides is 3. The van der Waals surface area contributed by atoms with E-state index in [1.807, 2.05) is 4.90 Å². The summed E-state index contributed by atoms with van der Waals surface area (Å²) in [7, 11) is 0. The number of nitrogen functional groups attached to an aromatic ring is 1. The molecule has 0 aliphatic carbocycles. The number of anilines is 2. The van der Waals surface area contributed by atoms with E-state index in [1.54, 1.807) is 43.5 Å². The van der Waals surface area contributed by atoms with E-state index >= 15 is 0 Å². The van der Waals surface area contributed by atoms with Crippen molar-refractivity contribution in [1.29, 1.82) is 5.41 Å². The number of halogens is 3. The van der Waals surface area contributed by atoms with Gasteiger partial charge in [-0.15, -0.1) is 0 Å². The third kappa shape index (κ3) is 7.36. The van der Waals surface area contributed by atoms with Gasteiger partial charge >= 0.3 is 6.18 Å². The molecule has 1 saturated heterocycles. The number of aromatic nitrogens is 1. The van der Waals surface area contributed by atoms with Crippen LogP contribution in [0.4, 0.5) is 24.7 Å². The number of amides is 1. The quantitative estimate of drug-likeness (QED) is 0.325. The number of benzene rings is 2. The zero-order chi connectivity index (χ0) is 28.9. The number of hydrogen-bond acceptors (Lipinski definition) is 7. The summed E-state index contributed by atoms with van der Waals surface area (Å²) in [6, 6.07) is 12.6. The van der Waals surface area contributed by atoms with Crippen molar-refractivity contribution < 1.29 is 22.7 Å². The number of pyridine rings is 1. The average Bonchev–Trinajstić information content (AvgIpc) is 2.93. The van der Waals surface area contributed by atoms with Crippen LogP contribution in [0.5, 0.6) is 5.75 Å². The first-order valence-corrected chi connectivity index (χ1v) is 13.0. The molecule has 2 heterocycles. The van der Waals surface area contributed by atoms with Crippen LogP contribution in [0, 0.1) is 5.41 Å². The molecule has 1 fully saturated rings. The van der Waals surface area contributed by atoms with E-state index in [2.05, 4.69) is 22.1 Å². The van der Waals surface area contributed by atoms with Crippen molar-refractivity contribution in [1.82, 2.24) is 14.8 Å². The van der Waals surface area contributed by atoms with E-state index in [0.717, 1.165) is 36.8 Å². The predicted molar refractivity (Wildman–Crippen MR) is 150 cm³/mol. The molecule has 1 aliphatic rings. The molecule has 0 unspecified atom stereocenters. The Morgan fingerprint density at radius 1 is 1.05 bits per heavy atom. The fraction of sp³-hybridized carbons (Fsp3) is 0.345. The number of carbonyl (C=O) groups is 1. The van der Waals surface area contributed by atoms with E-state index < -0.39 is 17.6 Å². The molecule has 0 spiro atoms. The Balaban J connectivity index is 1.36. The van der Waals surface area contributed by atoms with Crippen LogP contribution in [0.3, 0.4) is 0 Å². The van der Waals surface area contributed by atoms with Crippen LogP contribution >= 0.6 is 0 Å². The van der Waals surface area contributed by atoms with Crippen molar-refractivity contribution >= 4 is 23.1 Å². The summed E-state index contributed by atoms with van der Waals surface area (Å²) in [4.78, 5) is 20.9. The number of nitrogens with two attached hydrogens (primary N) is 1. The van der Waals surface area contributed by atoms with Gasteiger partial charge in [0.25, 0.3) is 5.91 Å². The van der Waals surface area contributed by atoms with Gasteiger partial charge < -0.3 is 26.1 Å². The number of carbonyl (C=O) groups excluding carboxylic acids is 1. The number of piperazine rings is 1. The lowest BCUT2D eigenvalue weighted by atomic mass is 10.0. The summed E-state index contributed by atoms with van der Waals surface area (Å²) >= 11 is 0. The zero-order valence-electron chi connectivity index (χ0n) is 22.5. The molecular weight excluding hydrogens is 521 g/mol. The molecule has 1 aromatic heterocycles. The molecular formula is C29H33F3N6O2. The lowest BCUT2D eigenvalue weighted by Gasteiger charge is -2.34. The number of hydrogen-bond donors (Lipinski definition) is 3. The number of nitrogens with zero attached hydrogens (tertiary/aromatic N) is 3. The lowest BCUT2D eigenvalue weighted by molar-refractivity contribution is -0.138. The summed E-state index contributed by atoms with van der Waals surface area (Å²) in [5.74, 6) is 0.124. The molecule has 4 N–H and O–H groups in total. The normalized spacial score (nSPS) is 14.6. The second-order valence-corrected chi connectivity index (χ2v) is 9.72. The van der Waals surface area contributed by atoms with E-state index in [9.17, 15) is 18.0 Å².